The van der Waals surface area contributed by atoms with Crippen molar-refractivity contribution in [1.82, 2.24) is 0 Å². The number of rotatable bonds is 5. The molecular formula is C21H21F3N2O. The van der Waals surface area contributed by atoms with Gasteiger partial charge in [0.1, 0.15) is 12.4 Å². The normalized spacial score (nSPS) is 19.7. The quantitative estimate of drug-likeness (QED) is 0.718. The number of halogens is 3. The minimum Gasteiger partial charge on any atom is -0.489 e. The Kier molecular flexibility index (Phi) is 5.59. The number of nitrogens with zero attached hydrogens (tertiary/aromatic N) is 2. The molecule has 0 unspecified atom stereocenters. The number of hydrogen-bond acceptors (Lipinski definition) is 3. The fourth-order valence-electron chi connectivity index (χ4n) is 3.44. The molecule has 0 bridgehead atoms. The third-order valence-electron chi connectivity index (χ3n) is 5.03. The predicted octanol–water partition coefficient (Wildman–Crippen LogP) is 5.24. The van der Waals surface area contributed by atoms with E-state index >= 15 is 0 Å². The van der Waals surface area contributed by atoms with E-state index in [4.69, 9.17) is 10.00 Å². The van der Waals surface area contributed by atoms with E-state index < -0.39 is 18.1 Å². The van der Waals surface area contributed by atoms with Crippen molar-refractivity contribution in [2.24, 2.45) is 5.92 Å². The molecule has 27 heavy (non-hydrogen) atoms. The summed E-state index contributed by atoms with van der Waals surface area (Å²) >= 11 is 0. The number of anilines is 1. The molecule has 0 aromatic heterocycles. The third-order valence-corrected chi connectivity index (χ3v) is 5.03. The third kappa shape index (κ3) is 4.54. The molecule has 3 nitrogen and oxygen atoms in total. The van der Waals surface area contributed by atoms with Crippen molar-refractivity contribution in [3.63, 3.8) is 0 Å². The van der Waals surface area contributed by atoms with Gasteiger partial charge in [0.05, 0.1) is 18.4 Å². The van der Waals surface area contributed by atoms with Crippen LogP contribution in [0.5, 0.6) is 5.75 Å². The Morgan fingerprint density at radius 2 is 1.85 bits per heavy atom. The van der Waals surface area contributed by atoms with Gasteiger partial charge in [0.2, 0.25) is 0 Å². The molecule has 0 N–H and O–H groups in total. The van der Waals surface area contributed by atoms with Crippen LogP contribution in [0.25, 0.3) is 0 Å². The highest BCUT2D eigenvalue weighted by atomic mass is 19.4. The van der Waals surface area contributed by atoms with Crippen molar-refractivity contribution in [3.05, 3.63) is 59.7 Å². The van der Waals surface area contributed by atoms with Crippen LogP contribution in [-0.4, -0.2) is 18.8 Å². The number of nitriles is 1. The van der Waals surface area contributed by atoms with Crippen LogP contribution in [0.4, 0.5) is 18.9 Å². The van der Waals surface area contributed by atoms with Crippen molar-refractivity contribution < 1.29 is 17.9 Å². The molecule has 6 heteroatoms. The van der Waals surface area contributed by atoms with Crippen molar-refractivity contribution in [2.75, 3.05) is 11.4 Å². The average molecular weight is 374 g/mol. The summed E-state index contributed by atoms with van der Waals surface area (Å²) in [5.41, 5.74) is 2.91. The van der Waals surface area contributed by atoms with Gasteiger partial charge in [-0.1, -0.05) is 24.3 Å². The van der Waals surface area contributed by atoms with Gasteiger partial charge in [-0.15, -0.1) is 0 Å². The molecule has 2 aromatic carbocycles. The summed E-state index contributed by atoms with van der Waals surface area (Å²) < 4.78 is 45.1. The lowest BCUT2D eigenvalue weighted by atomic mass is 10.0. The summed E-state index contributed by atoms with van der Waals surface area (Å²) in [5, 5.41) is 8.95. The maximum absolute atomic E-state index is 13.1. The smallest absolute Gasteiger partial charge is 0.393 e. The largest absolute Gasteiger partial charge is 0.489 e. The van der Waals surface area contributed by atoms with Crippen molar-refractivity contribution in [3.8, 4) is 11.8 Å². The lowest BCUT2D eigenvalue weighted by molar-refractivity contribution is -0.168. The van der Waals surface area contributed by atoms with Gasteiger partial charge in [0.25, 0.3) is 0 Å². The van der Waals surface area contributed by atoms with Crippen molar-refractivity contribution >= 4 is 5.69 Å². The Bertz CT molecular complexity index is 811. The molecule has 2 aromatic rings. The molecule has 0 amide bonds. The lowest BCUT2D eigenvalue weighted by Gasteiger charge is -2.25. The van der Waals surface area contributed by atoms with Gasteiger partial charge < -0.3 is 9.64 Å². The SMILES string of the molecule is Cc1ccccc1COc1ccc(N2C[C@@H](C(F)(F)F)C[C@H]2CC#N)cc1. The average Bonchev–Trinajstić information content (AvgIpc) is 3.06. The summed E-state index contributed by atoms with van der Waals surface area (Å²) in [6.45, 7) is 2.34. The second-order valence-corrected chi connectivity index (χ2v) is 6.85. The second-order valence-electron chi connectivity index (χ2n) is 6.85. The molecule has 1 heterocycles. The Morgan fingerprint density at radius 1 is 1.15 bits per heavy atom. The summed E-state index contributed by atoms with van der Waals surface area (Å²) in [4.78, 5) is 1.69. The number of alkyl halides is 3. The van der Waals surface area contributed by atoms with E-state index in [1.54, 1.807) is 29.2 Å². The number of hydrogen-bond donors (Lipinski definition) is 0. The van der Waals surface area contributed by atoms with Gasteiger partial charge >= 0.3 is 6.18 Å². The van der Waals surface area contributed by atoms with E-state index in [1.807, 2.05) is 37.3 Å². The molecule has 1 aliphatic heterocycles. The van der Waals surface area contributed by atoms with E-state index in [1.165, 1.54) is 0 Å². The fraction of sp³-hybridized carbons (Fsp3) is 0.381. The van der Waals surface area contributed by atoms with E-state index in [0.717, 1.165) is 11.1 Å². The maximum atomic E-state index is 13.1. The first-order chi connectivity index (χ1) is 12.9. The van der Waals surface area contributed by atoms with Crippen LogP contribution in [0.15, 0.2) is 48.5 Å². The zero-order valence-corrected chi connectivity index (χ0v) is 15.0. The van der Waals surface area contributed by atoms with Gasteiger partial charge in [0.15, 0.2) is 0 Å². The molecule has 1 saturated heterocycles. The first-order valence-electron chi connectivity index (χ1n) is 8.86. The molecule has 3 rings (SSSR count). The molecule has 142 valence electrons. The summed E-state index contributed by atoms with van der Waals surface area (Å²) in [5.74, 6) is -0.738. The number of ether oxygens (including phenoxy) is 1. The Balaban J connectivity index is 1.68. The highest BCUT2D eigenvalue weighted by molar-refractivity contribution is 5.51. The van der Waals surface area contributed by atoms with E-state index in [9.17, 15) is 13.2 Å². The van der Waals surface area contributed by atoms with Gasteiger partial charge in [-0.05, 0) is 48.7 Å². The molecule has 0 spiro atoms. The highest BCUT2D eigenvalue weighted by Gasteiger charge is 2.47. The number of aryl methyl sites for hydroxylation is 1. The van der Waals surface area contributed by atoms with Gasteiger partial charge in [-0.2, -0.15) is 18.4 Å². The minimum absolute atomic E-state index is 0.0391. The summed E-state index contributed by atoms with van der Waals surface area (Å²) in [7, 11) is 0. The van der Waals surface area contributed by atoms with Crippen LogP contribution < -0.4 is 9.64 Å². The zero-order valence-electron chi connectivity index (χ0n) is 15.0. The van der Waals surface area contributed by atoms with Crippen LogP contribution >= 0.6 is 0 Å². The molecule has 1 fully saturated rings. The zero-order chi connectivity index (χ0) is 19.4. The fourth-order valence-corrected chi connectivity index (χ4v) is 3.44. The minimum atomic E-state index is -4.24. The van der Waals surface area contributed by atoms with Gasteiger partial charge in [-0.25, -0.2) is 0 Å². The topological polar surface area (TPSA) is 36.3 Å². The maximum Gasteiger partial charge on any atom is 0.393 e. The standard InChI is InChI=1S/C21H21F3N2O/c1-15-4-2-3-5-16(15)14-27-20-8-6-18(7-9-20)26-13-17(21(22,23)24)12-19(26)10-11-25/h2-9,17,19H,10,12-14H2,1H3/t17-,19+/m0/s1. The first-order valence-corrected chi connectivity index (χ1v) is 8.86. The van der Waals surface area contributed by atoms with Crippen molar-refractivity contribution in [2.45, 2.75) is 38.6 Å². The van der Waals surface area contributed by atoms with Crippen LogP contribution in [0.3, 0.4) is 0 Å². The Hall–Kier alpha value is -2.68. The van der Waals surface area contributed by atoms with E-state index in [2.05, 4.69) is 0 Å². The van der Waals surface area contributed by atoms with E-state index in [0.29, 0.717) is 18.0 Å². The first kappa shape index (κ1) is 19.1. The monoisotopic (exact) mass is 374 g/mol. The lowest BCUT2D eigenvalue weighted by Crippen LogP contribution is -2.30. The molecule has 2 atom stereocenters. The number of benzene rings is 2. The Labute approximate surface area is 157 Å². The molecule has 0 aliphatic carbocycles. The van der Waals surface area contributed by atoms with Crippen LogP contribution in [0.1, 0.15) is 24.0 Å². The predicted molar refractivity (Wildman–Crippen MR) is 97.5 cm³/mol. The van der Waals surface area contributed by atoms with Crippen molar-refractivity contribution in [1.29, 1.82) is 5.26 Å². The van der Waals surface area contributed by atoms with Crippen LogP contribution in [-0.2, 0) is 6.61 Å². The summed E-state index contributed by atoms with van der Waals surface area (Å²) in [6, 6.07) is 16.6. The Morgan fingerprint density at radius 3 is 2.48 bits per heavy atom. The summed E-state index contributed by atoms with van der Waals surface area (Å²) in [6.07, 6.45) is -4.19. The second kappa shape index (κ2) is 7.91. The van der Waals surface area contributed by atoms with Gasteiger partial charge in [-0.3, -0.25) is 0 Å². The molecule has 0 radical (unpaired) electrons. The van der Waals surface area contributed by atoms with Crippen LogP contribution in [0, 0.1) is 24.2 Å². The molecular weight excluding hydrogens is 353 g/mol. The van der Waals surface area contributed by atoms with E-state index in [-0.39, 0.29) is 19.4 Å². The molecule has 0 saturated carbocycles. The molecule has 1 aliphatic rings. The van der Waals surface area contributed by atoms with Gasteiger partial charge in [0, 0.05) is 18.3 Å². The van der Waals surface area contributed by atoms with Crippen LogP contribution in [0.2, 0.25) is 0 Å². The highest BCUT2D eigenvalue weighted by Crippen LogP contribution is 2.39.